The second-order valence-electron chi connectivity index (χ2n) is 17.1. The van der Waals surface area contributed by atoms with Crippen LogP contribution < -0.4 is 0 Å². The van der Waals surface area contributed by atoms with Gasteiger partial charge >= 0.3 is 17.9 Å². The normalized spacial score (nSPS) is 12.4. The minimum absolute atomic E-state index is 0.0796. The SMILES string of the molecule is CCCCC/C=C\C/C=C\CCCCCCCCCC(=O)OC[C@H](COC(=O)CCCCCCCCCCCC)OC(=O)CCCCCCC/C=C\C/C=C\CCCCC. The van der Waals surface area contributed by atoms with E-state index in [9.17, 15) is 14.4 Å². The van der Waals surface area contributed by atoms with Crippen LogP contribution in [0.5, 0.6) is 0 Å². The summed E-state index contributed by atoms with van der Waals surface area (Å²) in [6, 6.07) is 0. The number of hydrogen-bond donors (Lipinski definition) is 0. The van der Waals surface area contributed by atoms with Crippen LogP contribution in [0.4, 0.5) is 0 Å². The molecule has 0 aromatic heterocycles. The van der Waals surface area contributed by atoms with E-state index in [0.29, 0.717) is 19.3 Å². The van der Waals surface area contributed by atoms with E-state index in [-0.39, 0.29) is 31.1 Å². The van der Waals surface area contributed by atoms with Crippen molar-refractivity contribution in [1.29, 1.82) is 0 Å². The summed E-state index contributed by atoms with van der Waals surface area (Å²) in [4.78, 5) is 37.9. The van der Waals surface area contributed by atoms with E-state index in [1.165, 1.54) is 122 Å². The van der Waals surface area contributed by atoms with Crippen LogP contribution in [0.15, 0.2) is 48.6 Å². The van der Waals surface area contributed by atoms with Gasteiger partial charge in [-0.3, -0.25) is 14.4 Å². The molecule has 348 valence electrons. The van der Waals surface area contributed by atoms with Gasteiger partial charge in [-0.1, -0.05) is 204 Å². The van der Waals surface area contributed by atoms with Crippen LogP contribution in [-0.2, 0) is 28.6 Å². The molecular weight excluding hydrogens is 745 g/mol. The van der Waals surface area contributed by atoms with E-state index < -0.39 is 6.10 Å². The maximum absolute atomic E-state index is 12.8. The largest absolute Gasteiger partial charge is 0.462 e. The van der Waals surface area contributed by atoms with Crippen LogP contribution in [0.2, 0.25) is 0 Å². The predicted octanol–water partition coefficient (Wildman–Crippen LogP) is 16.7. The smallest absolute Gasteiger partial charge is 0.306 e. The Hall–Kier alpha value is -2.63. The second-order valence-corrected chi connectivity index (χ2v) is 17.1. The fraction of sp³-hybridized carbons (Fsp3) is 0.796. The van der Waals surface area contributed by atoms with Crippen molar-refractivity contribution < 1.29 is 28.6 Å². The molecule has 0 saturated heterocycles. The van der Waals surface area contributed by atoms with Crippen molar-refractivity contribution in [2.45, 2.75) is 264 Å². The molecule has 6 nitrogen and oxygen atoms in total. The number of carbonyl (C=O) groups excluding carboxylic acids is 3. The van der Waals surface area contributed by atoms with Crippen molar-refractivity contribution >= 4 is 17.9 Å². The molecule has 0 aliphatic heterocycles. The summed E-state index contributed by atoms with van der Waals surface area (Å²) in [5, 5.41) is 0. The first-order valence-corrected chi connectivity index (χ1v) is 25.6. The monoisotopic (exact) mass is 841 g/mol. The van der Waals surface area contributed by atoms with Crippen molar-refractivity contribution in [3.8, 4) is 0 Å². The Bertz CT molecular complexity index is 1060. The molecule has 0 aromatic rings. The Labute approximate surface area is 371 Å². The lowest BCUT2D eigenvalue weighted by molar-refractivity contribution is -0.167. The molecule has 0 spiro atoms. The van der Waals surface area contributed by atoms with Gasteiger partial charge in [0.1, 0.15) is 13.2 Å². The van der Waals surface area contributed by atoms with Gasteiger partial charge in [0.2, 0.25) is 0 Å². The Kier molecular flexibility index (Phi) is 46.9. The second kappa shape index (κ2) is 49.0. The summed E-state index contributed by atoms with van der Waals surface area (Å²) >= 11 is 0. The third-order valence-electron chi connectivity index (χ3n) is 11.1. The summed E-state index contributed by atoms with van der Waals surface area (Å²) in [7, 11) is 0. The third kappa shape index (κ3) is 46.4. The zero-order valence-electron chi connectivity index (χ0n) is 39.7. The minimum atomic E-state index is -0.780. The lowest BCUT2D eigenvalue weighted by Gasteiger charge is -2.18. The number of esters is 3. The maximum atomic E-state index is 12.8. The average molecular weight is 841 g/mol. The van der Waals surface area contributed by atoms with Gasteiger partial charge < -0.3 is 14.2 Å². The summed E-state index contributed by atoms with van der Waals surface area (Å²) in [6.45, 7) is 6.56. The molecule has 0 bridgehead atoms. The molecule has 1 atom stereocenters. The first-order chi connectivity index (χ1) is 29.5. The molecule has 0 rings (SSSR count). The van der Waals surface area contributed by atoms with Crippen molar-refractivity contribution in [1.82, 2.24) is 0 Å². The summed E-state index contributed by atoms with van der Waals surface area (Å²) < 4.78 is 16.8. The Balaban J connectivity index is 4.37. The van der Waals surface area contributed by atoms with E-state index in [0.717, 1.165) is 96.3 Å². The van der Waals surface area contributed by atoms with Gasteiger partial charge in [-0.25, -0.2) is 0 Å². The highest BCUT2D eigenvalue weighted by Gasteiger charge is 2.19. The molecule has 6 heteroatoms. The number of allylic oxidation sites excluding steroid dienone is 8. The van der Waals surface area contributed by atoms with Crippen LogP contribution in [0.3, 0.4) is 0 Å². The highest BCUT2D eigenvalue weighted by atomic mass is 16.6. The van der Waals surface area contributed by atoms with Crippen molar-refractivity contribution in [3.63, 3.8) is 0 Å². The van der Waals surface area contributed by atoms with Crippen LogP contribution in [-0.4, -0.2) is 37.2 Å². The topological polar surface area (TPSA) is 78.9 Å². The Morgan fingerprint density at radius 2 is 0.600 bits per heavy atom. The standard InChI is InChI=1S/C54H96O6/c1-4-7-10-13-16-19-22-24-26-27-29-30-32-35-38-41-44-47-53(56)59-50-51(49-58-52(55)46-43-40-37-34-21-18-15-12-9-6-3)60-54(57)48-45-42-39-36-33-31-28-25-23-20-17-14-11-8-5-2/h16-17,19-20,24-26,28,51H,4-15,18,21-23,27,29-50H2,1-3H3/b19-16-,20-17-,26-24-,28-25-/t51-/m0/s1. The summed E-state index contributed by atoms with van der Waals surface area (Å²) in [5.41, 5.74) is 0. The number of unbranched alkanes of at least 4 members (excludes halogenated alkanes) is 27. The Morgan fingerprint density at radius 3 is 0.950 bits per heavy atom. The van der Waals surface area contributed by atoms with E-state index in [4.69, 9.17) is 14.2 Å². The molecule has 60 heavy (non-hydrogen) atoms. The Morgan fingerprint density at radius 1 is 0.333 bits per heavy atom. The third-order valence-corrected chi connectivity index (χ3v) is 11.1. The molecule has 0 fully saturated rings. The van der Waals surface area contributed by atoms with Crippen LogP contribution in [0.25, 0.3) is 0 Å². The number of carbonyl (C=O) groups is 3. The van der Waals surface area contributed by atoms with Crippen molar-refractivity contribution in [2.75, 3.05) is 13.2 Å². The zero-order valence-corrected chi connectivity index (χ0v) is 39.7. The quantitative estimate of drug-likeness (QED) is 0.0263. The first kappa shape index (κ1) is 57.4. The van der Waals surface area contributed by atoms with Gasteiger partial charge in [0.25, 0.3) is 0 Å². The molecule has 0 aliphatic carbocycles. The summed E-state index contributed by atoms with van der Waals surface area (Å²) in [6.07, 6.45) is 58.0. The number of ether oxygens (including phenoxy) is 3. The molecule has 0 N–H and O–H groups in total. The minimum Gasteiger partial charge on any atom is -0.462 e. The average Bonchev–Trinajstić information content (AvgIpc) is 3.24. The van der Waals surface area contributed by atoms with Gasteiger partial charge in [0.05, 0.1) is 0 Å². The van der Waals surface area contributed by atoms with E-state index in [1.54, 1.807) is 0 Å². The highest BCUT2D eigenvalue weighted by Crippen LogP contribution is 2.14. The van der Waals surface area contributed by atoms with Gasteiger partial charge in [-0.15, -0.1) is 0 Å². The number of rotatable bonds is 46. The van der Waals surface area contributed by atoms with Crippen molar-refractivity contribution in [3.05, 3.63) is 48.6 Å². The molecule has 0 aromatic carbocycles. The van der Waals surface area contributed by atoms with Gasteiger partial charge in [-0.05, 0) is 83.5 Å². The molecular formula is C54H96O6. The van der Waals surface area contributed by atoms with Gasteiger partial charge in [-0.2, -0.15) is 0 Å². The van der Waals surface area contributed by atoms with E-state index in [1.807, 2.05) is 0 Å². The van der Waals surface area contributed by atoms with Crippen LogP contribution >= 0.6 is 0 Å². The van der Waals surface area contributed by atoms with Gasteiger partial charge in [0.15, 0.2) is 6.10 Å². The lowest BCUT2D eigenvalue weighted by Crippen LogP contribution is -2.30. The maximum Gasteiger partial charge on any atom is 0.306 e. The van der Waals surface area contributed by atoms with E-state index in [2.05, 4.69) is 69.4 Å². The molecule has 0 amide bonds. The van der Waals surface area contributed by atoms with Crippen LogP contribution in [0.1, 0.15) is 258 Å². The first-order valence-electron chi connectivity index (χ1n) is 25.6. The number of hydrogen-bond acceptors (Lipinski definition) is 6. The van der Waals surface area contributed by atoms with Crippen LogP contribution in [0, 0.1) is 0 Å². The molecule has 0 unspecified atom stereocenters. The predicted molar refractivity (Wildman–Crippen MR) is 256 cm³/mol. The fourth-order valence-electron chi connectivity index (χ4n) is 7.15. The lowest BCUT2D eigenvalue weighted by atomic mass is 10.1. The fourth-order valence-corrected chi connectivity index (χ4v) is 7.15. The molecule has 0 radical (unpaired) electrons. The highest BCUT2D eigenvalue weighted by molar-refractivity contribution is 5.71. The van der Waals surface area contributed by atoms with Gasteiger partial charge in [0, 0.05) is 19.3 Å². The van der Waals surface area contributed by atoms with E-state index >= 15 is 0 Å². The molecule has 0 heterocycles. The molecule has 0 saturated carbocycles. The van der Waals surface area contributed by atoms with Crippen molar-refractivity contribution in [2.24, 2.45) is 0 Å². The summed E-state index contributed by atoms with van der Waals surface area (Å²) in [5.74, 6) is -0.897. The zero-order chi connectivity index (χ0) is 43.7. The molecule has 0 aliphatic rings.